The number of aromatic nitrogens is 1. The first-order valence-electron chi connectivity index (χ1n) is 7.92. The van der Waals surface area contributed by atoms with Crippen LogP contribution in [0.5, 0.6) is 5.75 Å². The molecule has 4 nitrogen and oxygen atoms in total. The predicted molar refractivity (Wildman–Crippen MR) is 97.8 cm³/mol. The Morgan fingerprint density at radius 2 is 1.72 bits per heavy atom. The molecule has 0 unspecified atom stereocenters. The zero-order chi connectivity index (χ0) is 17.2. The topological polar surface area (TPSA) is 59.4 Å². The van der Waals surface area contributed by atoms with Gasteiger partial charge in [-0.05, 0) is 39.9 Å². The van der Waals surface area contributed by atoms with Crippen LogP contribution in [-0.4, -0.2) is 22.7 Å². The SMILES string of the molecule is O=C(O)COc1ccc2cc(-c3cncc4ccccc34)ccc2c1. The van der Waals surface area contributed by atoms with Crippen molar-refractivity contribution in [2.24, 2.45) is 0 Å². The fourth-order valence-corrected chi connectivity index (χ4v) is 2.97. The average molecular weight is 329 g/mol. The summed E-state index contributed by atoms with van der Waals surface area (Å²) in [7, 11) is 0. The molecule has 0 spiro atoms. The molecule has 0 amide bonds. The van der Waals surface area contributed by atoms with Crippen molar-refractivity contribution >= 4 is 27.5 Å². The molecule has 0 aliphatic carbocycles. The molecular formula is C21H15NO3. The number of fused-ring (bicyclic) bond motifs is 2. The third kappa shape index (κ3) is 3.02. The summed E-state index contributed by atoms with van der Waals surface area (Å²) in [6.45, 7) is -0.342. The molecule has 0 atom stereocenters. The van der Waals surface area contributed by atoms with Crippen LogP contribution in [0.2, 0.25) is 0 Å². The van der Waals surface area contributed by atoms with E-state index >= 15 is 0 Å². The number of carbonyl (C=O) groups is 1. The van der Waals surface area contributed by atoms with Gasteiger partial charge in [-0.15, -0.1) is 0 Å². The smallest absolute Gasteiger partial charge is 0.341 e. The normalized spacial score (nSPS) is 10.9. The Morgan fingerprint density at radius 3 is 2.60 bits per heavy atom. The van der Waals surface area contributed by atoms with Crippen LogP contribution in [-0.2, 0) is 4.79 Å². The number of rotatable bonds is 4. The van der Waals surface area contributed by atoms with E-state index in [0.717, 1.165) is 27.3 Å². The van der Waals surface area contributed by atoms with Gasteiger partial charge in [-0.2, -0.15) is 0 Å². The zero-order valence-electron chi connectivity index (χ0n) is 13.3. The molecule has 1 N–H and O–H groups in total. The quantitative estimate of drug-likeness (QED) is 0.598. The van der Waals surface area contributed by atoms with Crippen LogP contribution < -0.4 is 4.74 Å². The first-order chi connectivity index (χ1) is 12.2. The highest BCUT2D eigenvalue weighted by atomic mass is 16.5. The zero-order valence-corrected chi connectivity index (χ0v) is 13.3. The van der Waals surface area contributed by atoms with E-state index in [9.17, 15) is 4.79 Å². The molecule has 1 heterocycles. The van der Waals surface area contributed by atoms with E-state index in [2.05, 4.69) is 23.2 Å². The van der Waals surface area contributed by atoms with Gasteiger partial charge >= 0.3 is 5.97 Å². The summed E-state index contributed by atoms with van der Waals surface area (Å²) in [5, 5.41) is 13.0. The molecule has 0 saturated heterocycles. The molecule has 4 aromatic rings. The van der Waals surface area contributed by atoms with Gasteiger partial charge in [0, 0.05) is 23.3 Å². The van der Waals surface area contributed by atoms with Crippen molar-refractivity contribution in [3.63, 3.8) is 0 Å². The van der Waals surface area contributed by atoms with Gasteiger partial charge in [-0.1, -0.05) is 42.5 Å². The summed E-state index contributed by atoms with van der Waals surface area (Å²) >= 11 is 0. The van der Waals surface area contributed by atoms with E-state index in [0.29, 0.717) is 5.75 Å². The number of pyridine rings is 1. The van der Waals surface area contributed by atoms with Gasteiger partial charge < -0.3 is 9.84 Å². The minimum Gasteiger partial charge on any atom is -0.482 e. The summed E-state index contributed by atoms with van der Waals surface area (Å²) < 4.78 is 5.24. The Morgan fingerprint density at radius 1 is 0.920 bits per heavy atom. The number of nitrogens with zero attached hydrogens (tertiary/aromatic N) is 1. The molecule has 25 heavy (non-hydrogen) atoms. The van der Waals surface area contributed by atoms with Crippen LogP contribution in [0.4, 0.5) is 0 Å². The third-order valence-electron chi connectivity index (χ3n) is 4.15. The fourth-order valence-electron chi connectivity index (χ4n) is 2.97. The lowest BCUT2D eigenvalue weighted by Gasteiger charge is -2.09. The van der Waals surface area contributed by atoms with Crippen LogP contribution in [0.25, 0.3) is 32.7 Å². The summed E-state index contributed by atoms with van der Waals surface area (Å²) in [6, 6.07) is 19.9. The molecule has 0 radical (unpaired) electrons. The highest BCUT2D eigenvalue weighted by Crippen LogP contribution is 2.31. The van der Waals surface area contributed by atoms with Crippen LogP contribution in [0.1, 0.15) is 0 Å². The third-order valence-corrected chi connectivity index (χ3v) is 4.15. The molecule has 4 rings (SSSR count). The van der Waals surface area contributed by atoms with Gasteiger partial charge in [0.05, 0.1) is 0 Å². The minimum atomic E-state index is -0.987. The Bertz CT molecular complexity index is 1080. The van der Waals surface area contributed by atoms with E-state index in [-0.39, 0.29) is 6.61 Å². The standard InChI is InChI=1S/C21H15NO3/c23-21(24)13-25-18-8-7-14-9-16(6-5-15(14)10-18)20-12-22-11-17-3-1-2-4-19(17)20/h1-12H,13H2,(H,23,24). The van der Waals surface area contributed by atoms with Gasteiger partial charge in [-0.25, -0.2) is 4.79 Å². The van der Waals surface area contributed by atoms with E-state index in [1.165, 1.54) is 5.39 Å². The summed E-state index contributed by atoms with van der Waals surface area (Å²) in [5.41, 5.74) is 2.18. The summed E-state index contributed by atoms with van der Waals surface area (Å²) in [5.74, 6) is -0.437. The fraction of sp³-hybridized carbons (Fsp3) is 0.0476. The monoisotopic (exact) mass is 329 g/mol. The van der Waals surface area contributed by atoms with Gasteiger partial charge in [0.2, 0.25) is 0 Å². The van der Waals surface area contributed by atoms with Crippen molar-refractivity contribution in [1.29, 1.82) is 0 Å². The van der Waals surface area contributed by atoms with E-state index in [4.69, 9.17) is 9.84 Å². The number of carboxylic acids is 1. The van der Waals surface area contributed by atoms with Crippen LogP contribution in [0.15, 0.2) is 73.1 Å². The lowest BCUT2D eigenvalue weighted by Crippen LogP contribution is -2.09. The van der Waals surface area contributed by atoms with E-state index in [1.807, 2.05) is 48.8 Å². The molecule has 0 saturated carbocycles. The lowest BCUT2D eigenvalue weighted by atomic mass is 9.98. The number of aliphatic carboxylic acids is 1. The summed E-state index contributed by atoms with van der Waals surface area (Å²) in [4.78, 5) is 15.0. The van der Waals surface area contributed by atoms with Gasteiger partial charge in [0.1, 0.15) is 5.75 Å². The highest BCUT2D eigenvalue weighted by Gasteiger charge is 2.06. The molecule has 0 fully saturated rings. The second kappa shape index (κ2) is 6.24. The Hall–Kier alpha value is -3.40. The maximum atomic E-state index is 10.6. The summed E-state index contributed by atoms with van der Waals surface area (Å²) in [6.07, 6.45) is 3.75. The molecular weight excluding hydrogens is 314 g/mol. The number of benzene rings is 3. The van der Waals surface area contributed by atoms with Gasteiger partial charge in [0.15, 0.2) is 6.61 Å². The number of hydrogen-bond donors (Lipinski definition) is 1. The van der Waals surface area contributed by atoms with Crippen LogP contribution >= 0.6 is 0 Å². The predicted octanol–water partition coefficient (Wildman–Crippen LogP) is 4.52. The lowest BCUT2D eigenvalue weighted by molar-refractivity contribution is -0.139. The molecule has 4 heteroatoms. The van der Waals surface area contributed by atoms with Crippen molar-refractivity contribution in [2.45, 2.75) is 0 Å². The second-order valence-electron chi connectivity index (χ2n) is 5.81. The van der Waals surface area contributed by atoms with Crippen LogP contribution in [0.3, 0.4) is 0 Å². The molecule has 3 aromatic carbocycles. The van der Waals surface area contributed by atoms with E-state index in [1.54, 1.807) is 6.07 Å². The molecule has 122 valence electrons. The molecule has 0 bridgehead atoms. The molecule has 1 aromatic heterocycles. The number of hydrogen-bond acceptors (Lipinski definition) is 3. The van der Waals surface area contributed by atoms with Crippen molar-refractivity contribution in [1.82, 2.24) is 4.98 Å². The van der Waals surface area contributed by atoms with Gasteiger partial charge in [0.25, 0.3) is 0 Å². The second-order valence-corrected chi connectivity index (χ2v) is 5.81. The largest absolute Gasteiger partial charge is 0.482 e. The van der Waals surface area contributed by atoms with Gasteiger partial charge in [-0.3, -0.25) is 4.98 Å². The molecule has 0 aliphatic rings. The Labute approximate surface area is 144 Å². The number of ether oxygens (including phenoxy) is 1. The molecule has 0 aliphatic heterocycles. The maximum Gasteiger partial charge on any atom is 0.341 e. The van der Waals surface area contributed by atoms with E-state index < -0.39 is 5.97 Å². The number of carboxylic acid groups (broad SMARTS) is 1. The van der Waals surface area contributed by atoms with Crippen molar-refractivity contribution in [2.75, 3.05) is 6.61 Å². The Kier molecular flexibility index (Phi) is 3.78. The highest BCUT2D eigenvalue weighted by molar-refractivity contribution is 5.98. The maximum absolute atomic E-state index is 10.6. The van der Waals surface area contributed by atoms with Crippen molar-refractivity contribution in [3.05, 3.63) is 73.1 Å². The van der Waals surface area contributed by atoms with Crippen molar-refractivity contribution < 1.29 is 14.6 Å². The van der Waals surface area contributed by atoms with Crippen molar-refractivity contribution in [3.8, 4) is 16.9 Å². The first-order valence-corrected chi connectivity index (χ1v) is 7.92. The average Bonchev–Trinajstić information content (AvgIpc) is 2.65. The minimum absolute atomic E-state index is 0.342. The first kappa shape index (κ1) is 15.1. The Balaban J connectivity index is 1.76. The van der Waals surface area contributed by atoms with Crippen LogP contribution in [0, 0.1) is 0 Å².